The molecule has 0 N–H and O–H groups in total. The highest BCUT2D eigenvalue weighted by Gasteiger charge is 2.31. The summed E-state index contributed by atoms with van der Waals surface area (Å²) in [4.78, 5) is 2.55. The van der Waals surface area contributed by atoms with Gasteiger partial charge in [0.25, 0.3) is 0 Å². The zero-order valence-electron chi connectivity index (χ0n) is 18.8. The minimum atomic E-state index is -0.190. The fourth-order valence-electron chi connectivity index (χ4n) is 4.95. The molecule has 1 saturated heterocycles. The summed E-state index contributed by atoms with van der Waals surface area (Å²) in [6.45, 7) is 3.97. The highest BCUT2D eigenvalue weighted by atomic mass is 19.1. The third-order valence-corrected chi connectivity index (χ3v) is 6.71. The van der Waals surface area contributed by atoms with Crippen LogP contribution in [-0.4, -0.2) is 37.9 Å². The van der Waals surface area contributed by atoms with E-state index in [0.29, 0.717) is 18.4 Å². The Labute approximate surface area is 194 Å². The van der Waals surface area contributed by atoms with Crippen molar-refractivity contribution >= 4 is 0 Å². The van der Waals surface area contributed by atoms with Crippen molar-refractivity contribution in [1.82, 2.24) is 4.90 Å². The van der Waals surface area contributed by atoms with E-state index in [1.165, 1.54) is 11.1 Å². The van der Waals surface area contributed by atoms with Crippen molar-refractivity contribution in [3.8, 4) is 17.2 Å². The van der Waals surface area contributed by atoms with E-state index in [9.17, 15) is 4.39 Å². The maximum absolute atomic E-state index is 13.5. The first-order valence-electron chi connectivity index (χ1n) is 11.8. The van der Waals surface area contributed by atoms with Gasteiger partial charge in [-0.3, -0.25) is 0 Å². The molecule has 1 fully saturated rings. The molecule has 0 aliphatic carbocycles. The lowest BCUT2D eigenvalue weighted by Gasteiger charge is -2.39. The van der Waals surface area contributed by atoms with Gasteiger partial charge in [0.15, 0.2) is 11.5 Å². The minimum absolute atomic E-state index is 0.190. The second kappa shape index (κ2) is 10.3. The molecule has 172 valence electrons. The molecule has 3 aromatic rings. The number of rotatable bonds is 8. The van der Waals surface area contributed by atoms with Crippen LogP contribution in [0.4, 0.5) is 4.39 Å². The molecule has 2 atom stereocenters. The third-order valence-electron chi connectivity index (χ3n) is 6.71. The number of likely N-dealkylation sites (tertiary alicyclic amines) is 1. The van der Waals surface area contributed by atoms with Gasteiger partial charge in [-0.2, -0.15) is 0 Å². The van der Waals surface area contributed by atoms with Gasteiger partial charge < -0.3 is 19.1 Å². The number of hydrogen-bond donors (Lipinski definition) is 0. The average molecular weight is 448 g/mol. The van der Waals surface area contributed by atoms with Crippen LogP contribution in [-0.2, 0) is 6.42 Å². The van der Waals surface area contributed by atoms with Crippen LogP contribution >= 0.6 is 0 Å². The number of fused-ring (bicyclic) bond motifs is 1. The second-order valence-electron chi connectivity index (χ2n) is 8.92. The van der Waals surface area contributed by atoms with Gasteiger partial charge in [-0.1, -0.05) is 42.5 Å². The number of nitrogens with zero attached hydrogens (tertiary/aromatic N) is 1. The summed E-state index contributed by atoms with van der Waals surface area (Å²) >= 11 is 0. The second-order valence-corrected chi connectivity index (χ2v) is 8.92. The summed E-state index contributed by atoms with van der Waals surface area (Å²) in [7, 11) is 0. The molecule has 0 aromatic heterocycles. The van der Waals surface area contributed by atoms with Crippen molar-refractivity contribution in [3.05, 3.63) is 89.7 Å². The van der Waals surface area contributed by atoms with Crippen molar-refractivity contribution in [3.63, 3.8) is 0 Å². The summed E-state index contributed by atoms with van der Waals surface area (Å²) in [5, 5.41) is 0. The van der Waals surface area contributed by atoms with Crippen LogP contribution < -0.4 is 14.2 Å². The molecule has 0 bridgehead atoms. The maximum Gasteiger partial charge on any atom is 0.231 e. The summed E-state index contributed by atoms with van der Waals surface area (Å²) in [5.41, 5.74) is 2.58. The number of benzene rings is 3. The maximum atomic E-state index is 13.5. The Kier molecular flexibility index (Phi) is 6.77. The number of hydrogen-bond acceptors (Lipinski definition) is 4. The number of halogens is 1. The van der Waals surface area contributed by atoms with Gasteiger partial charge in [0.1, 0.15) is 11.6 Å². The molecule has 4 nitrogen and oxygen atoms in total. The molecule has 0 saturated carbocycles. The Morgan fingerprint density at radius 3 is 2.61 bits per heavy atom. The number of ether oxygens (including phenoxy) is 3. The number of piperidine rings is 1. The van der Waals surface area contributed by atoms with Gasteiger partial charge >= 0.3 is 0 Å². The molecular weight excluding hydrogens is 417 g/mol. The van der Waals surface area contributed by atoms with E-state index in [1.807, 2.05) is 30.3 Å². The molecule has 2 aliphatic rings. The SMILES string of the molecule is Fc1ccc([C@@H]2CCN(CCCc3ccccc3)C[C@H]2COc2ccc3c(c2)OCO3)cc1. The van der Waals surface area contributed by atoms with Crippen LogP contribution in [0.25, 0.3) is 0 Å². The lowest BCUT2D eigenvalue weighted by molar-refractivity contribution is 0.110. The van der Waals surface area contributed by atoms with Crippen molar-refractivity contribution in [2.75, 3.05) is 33.0 Å². The smallest absolute Gasteiger partial charge is 0.231 e. The monoisotopic (exact) mass is 447 g/mol. The van der Waals surface area contributed by atoms with Crippen molar-refractivity contribution < 1.29 is 18.6 Å². The van der Waals surface area contributed by atoms with Gasteiger partial charge in [-0.05, 0) is 73.7 Å². The molecule has 2 heterocycles. The predicted octanol–water partition coefficient (Wildman–Crippen LogP) is 5.67. The van der Waals surface area contributed by atoms with E-state index < -0.39 is 0 Å². The molecule has 5 heteroatoms. The normalized spacial score (nSPS) is 20.0. The fourth-order valence-corrected chi connectivity index (χ4v) is 4.95. The zero-order chi connectivity index (χ0) is 22.5. The minimum Gasteiger partial charge on any atom is -0.493 e. The first-order chi connectivity index (χ1) is 16.2. The van der Waals surface area contributed by atoms with Crippen LogP contribution in [0.1, 0.15) is 29.9 Å². The van der Waals surface area contributed by atoms with E-state index in [0.717, 1.165) is 56.1 Å². The van der Waals surface area contributed by atoms with Crippen molar-refractivity contribution in [2.45, 2.75) is 25.2 Å². The van der Waals surface area contributed by atoms with Gasteiger partial charge in [-0.15, -0.1) is 0 Å². The molecular formula is C28H30FNO3. The first-order valence-corrected chi connectivity index (χ1v) is 11.8. The lowest BCUT2D eigenvalue weighted by Crippen LogP contribution is -2.42. The molecule has 33 heavy (non-hydrogen) atoms. The zero-order valence-corrected chi connectivity index (χ0v) is 18.8. The van der Waals surface area contributed by atoms with E-state index >= 15 is 0 Å². The Hall–Kier alpha value is -3.05. The Bertz CT molecular complexity index is 1040. The summed E-state index contributed by atoms with van der Waals surface area (Å²) in [5.74, 6) is 2.77. The van der Waals surface area contributed by atoms with Crippen LogP contribution in [0.3, 0.4) is 0 Å². The Balaban J connectivity index is 1.23. The predicted molar refractivity (Wildman–Crippen MR) is 127 cm³/mol. The topological polar surface area (TPSA) is 30.9 Å². The lowest BCUT2D eigenvalue weighted by atomic mass is 9.80. The van der Waals surface area contributed by atoms with E-state index in [4.69, 9.17) is 14.2 Å². The number of aryl methyl sites for hydroxylation is 1. The molecule has 0 spiro atoms. The summed E-state index contributed by atoms with van der Waals surface area (Å²) in [6, 6.07) is 23.4. The van der Waals surface area contributed by atoms with Gasteiger partial charge in [0, 0.05) is 18.5 Å². The van der Waals surface area contributed by atoms with Gasteiger partial charge in [0.2, 0.25) is 6.79 Å². The summed E-state index contributed by atoms with van der Waals surface area (Å²) in [6.07, 6.45) is 3.28. The van der Waals surface area contributed by atoms with Crippen LogP contribution in [0, 0.1) is 11.7 Å². The van der Waals surface area contributed by atoms with Crippen LogP contribution in [0.2, 0.25) is 0 Å². The van der Waals surface area contributed by atoms with Crippen LogP contribution in [0.5, 0.6) is 17.2 Å². The first kappa shape index (κ1) is 21.8. The van der Waals surface area contributed by atoms with Gasteiger partial charge in [0.05, 0.1) is 6.61 Å². The van der Waals surface area contributed by atoms with Gasteiger partial charge in [-0.25, -0.2) is 4.39 Å². The van der Waals surface area contributed by atoms with Crippen molar-refractivity contribution in [1.29, 1.82) is 0 Å². The molecule has 3 aromatic carbocycles. The highest BCUT2D eigenvalue weighted by Crippen LogP contribution is 2.37. The quantitative estimate of drug-likeness (QED) is 0.445. The molecule has 0 amide bonds. The molecule has 0 radical (unpaired) electrons. The average Bonchev–Trinajstić information content (AvgIpc) is 3.32. The standard InChI is InChI=1S/C28H30FNO3/c29-24-10-8-22(9-11-24)26-14-16-30(15-4-7-21-5-2-1-3-6-21)18-23(26)19-31-25-12-13-27-28(17-25)33-20-32-27/h1-3,5-6,8-13,17,23,26H,4,7,14-16,18-20H2/t23-,26-/m0/s1. The Morgan fingerprint density at radius 1 is 0.939 bits per heavy atom. The largest absolute Gasteiger partial charge is 0.493 e. The summed E-state index contributed by atoms with van der Waals surface area (Å²) < 4.78 is 30.6. The van der Waals surface area contributed by atoms with Crippen molar-refractivity contribution in [2.24, 2.45) is 5.92 Å². The van der Waals surface area contributed by atoms with E-state index in [2.05, 4.69) is 35.2 Å². The molecule has 0 unspecified atom stereocenters. The van der Waals surface area contributed by atoms with Crippen LogP contribution in [0.15, 0.2) is 72.8 Å². The third kappa shape index (κ3) is 5.48. The molecule has 2 aliphatic heterocycles. The molecule has 5 rings (SSSR count). The van der Waals surface area contributed by atoms with E-state index in [-0.39, 0.29) is 12.6 Å². The Morgan fingerprint density at radius 2 is 1.76 bits per heavy atom. The van der Waals surface area contributed by atoms with E-state index in [1.54, 1.807) is 12.1 Å². The fraction of sp³-hybridized carbons (Fsp3) is 0.357. The highest BCUT2D eigenvalue weighted by molar-refractivity contribution is 5.46.